The molecule has 1 aliphatic rings. The molecule has 1 heterocycles. The molecule has 0 aliphatic carbocycles. The third kappa shape index (κ3) is 6.96. The average Bonchev–Trinajstić information content (AvgIpc) is 2.81. The lowest BCUT2D eigenvalue weighted by Gasteiger charge is -2.30. The van der Waals surface area contributed by atoms with E-state index in [1.807, 2.05) is 30.3 Å². The van der Waals surface area contributed by atoms with Gasteiger partial charge in [-0.15, -0.1) is 0 Å². The fourth-order valence-electron chi connectivity index (χ4n) is 3.41. The molecule has 1 saturated heterocycles. The number of nitrogens with zero attached hydrogens (tertiary/aromatic N) is 1. The smallest absolute Gasteiger partial charge is 0.251 e. The first-order valence-corrected chi connectivity index (χ1v) is 10.7. The zero-order valence-electron chi connectivity index (χ0n) is 17.2. The van der Waals surface area contributed by atoms with Crippen LogP contribution in [-0.4, -0.2) is 48.8 Å². The highest BCUT2D eigenvalue weighted by Gasteiger charge is 2.26. The zero-order chi connectivity index (χ0) is 22.1. The first kappa shape index (κ1) is 22.6. The molecule has 2 aromatic carbocycles. The first-order chi connectivity index (χ1) is 15.0. The van der Waals surface area contributed by atoms with Crippen molar-refractivity contribution in [3.8, 4) is 0 Å². The van der Waals surface area contributed by atoms with E-state index in [1.165, 1.54) is 0 Å². The normalized spacial score (nSPS) is 14.4. The SMILES string of the molecule is O=C(NCCNC(=O)C1CCN(C(=O)/C=C/c2ccccc2)CC1)c1ccc(Cl)cc1. The van der Waals surface area contributed by atoms with Gasteiger partial charge in [0, 0.05) is 48.8 Å². The Morgan fingerprint density at radius 3 is 2.26 bits per heavy atom. The Hall–Kier alpha value is -3.12. The third-order valence-electron chi connectivity index (χ3n) is 5.21. The number of amides is 3. The van der Waals surface area contributed by atoms with Gasteiger partial charge in [-0.05, 0) is 48.7 Å². The predicted octanol–water partition coefficient (Wildman–Crippen LogP) is 3.14. The second-order valence-electron chi connectivity index (χ2n) is 7.40. The van der Waals surface area contributed by atoms with Crippen molar-refractivity contribution in [3.63, 3.8) is 0 Å². The first-order valence-electron chi connectivity index (χ1n) is 10.4. The molecule has 31 heavy (non-hydrogen) atoms. The number of hydrogen-bond acceptors (Lipinski definition) is 3. The van der Waals surface area contributed by atoms with Gasteiger partial charge in [-0.1, -0.05) is 41.9 Å². The standard InChI is InChI=1S/C24H26ClN3O3/c25-21-9-7-19(8-10-21)23(30)26-14-15-27-24(31)20-12-16-28(17-13-20)22(29)11-6-18-4-2-1-3-5-18/h1-11,20H,12-17H2,(H,26,30)(H,27,31)/b11-6+. The van der Waals surface area contributed by atoms with E-state index >= 15 is 0 Å². The summed E-state index contributed by atoms with van der Waals surface area (Å²) >= 11 is 5.81. The van der Waals surface area contributed by atoms with E-state index in [9.17, 15) is 14.4 Å². The summed E-state index contributed by atoms with van der Waals surface area (Å²) in [6.07, 6.45) is 4.65. The van der Waals surface area contributed by atoms with Gasteiger partial charge >= 0.3 is 0 Å². The molecule has 6 nitrogen and oxygen atoms in total. The Labute approximate surface area is 187 Å². The minimum atomic E-state index is -0.207. The van der Waals surface area contributed by atoms with Crippen LogP contribution in [0.25, 0.3) is 6.08 Å². The molecule has 1 aliphatic heterocycles. The molecule has 7 heteroatoms. The molecule has 1 fully saturated rings. The van der Waals surface area contributed by atoms with E-state index in [4.69, 9.17) is 11.6 Å². The Morgan fingerprint density at radius 2 is 1.58 bits per heavy atom. The molecular weight excluding hydrogens is 414 g/mol. The molecule has 3 amide bonds. The fraction of sp³-hybridized carbons (Fsp3) is 0.292. The van der Waals surface area contributed by atoms with Crippen LogP contribution in [0.3, 0.4) is 0 Å². The minimum Gasteiger partial charge on any atom is -0.354 e. The summed E-state index contributed by atoms with van der Waals surface area (Å²) in [6.45, 7) is 1.82. The van der Waals surface area contributed by atoms with Crippen molar-refractivity contribution in [2.45, 2.75) is 12.8 Å². The van der Waals surface area contributed by atoms with E-state index in [-0.39, 0.29) is 23.6 Å². The van der Waals surface area contributed by atoms with Crippen LogP contribution in [0.15, 0.2) is 60.7 Å². The monoisotopic (exact) mass is 439 g/mol. The van der Waals surface area contributed by atoms with Crippen LogP contribution in [0.1, 0.15) is 28.8 Å². The van der Waals surface area contributed by atoms with Gasteiger partial charge in [0.05, 0.1) is 0 Å². The quantitative estimate of drug-likeness (QED) is 0.514. The summed E-state index contributed by atoms with van der Waals surface area (Å²) in [6, 6.07) is 16.3. The summed E-state index contributed by atoms with van der Waals surface area (Å²) in [7, 11) is 0. The van der Waals surface area contributed by atoms with Crippen LogP contribution in [0.4, 0.5) is 0 Å². The summed E-state index contributed by atoms with van der Waals surface area (Å²) in [5, 5.41) is 6.21. The topological polar surface area (TPSA) is 78.5 Å². The van der Waals surface area contributed by atoms with Crippen LogP contribution in [0, 0.1) is 5.92 Å². The van der Waals surface area contributed by atoms with Crippen LogP contribution >= 0.6 is 11.6 Å². The van der Waals surface area contributed by atoms with Crippen molar-refractivity contribution in [1.29, 1.82) is 0 Å². The molecule has 2 aromatic rings. The van der Waals surface area contributed by atoms with Gasteiger partial charge in [-0.25, -0.2) is 0 Å². The Kier molecular flexibility index (Phi) is 8.24. The lowest BCUT2D eigenvalue weighted by molar-refractivity contribution is -0.132. The molecule has 3 rings (SSSR count). The van der Waals surface area contributed by atoms with Gasteiger partial charge in [-0.2, -0.15) is 0 Å². The number of hydrogen-bond donors (Lipinski definition) is 2. The molecule has 162 valence electrons. The molecule has 0 unspecified atom stereocenters. The number of piperidine rings is 1. The maximum Gasteiger partial charge on any atom is 0.251 e. The van der Waals surface area contributed by atoms with E-state index in [0.29, 0.717) is 49.6 Å². The lowest BCUT2D eigenvalue weighted by atomic mass is 9.96. The van der Waals surface area contributed by atoms with E-state index in [0.717, 1.165) is 5.56 Å². The van der Waals surface area contributed by atoms with Crippen molar-refractivity contribution in [1.82, 2.24) is 15.5 Å². The second-order valence-corrected chi connectivity index (χ2v) is 7.83. The number of benzene rings is 2. The van der Waals surface area contributed by atoms with E-state index in [2.05, 4.69) is 10.6 Å². The molecule has 0 radical (unpaired) electrons. The van der Waals surface area contributed by atoms with Crippen LogP contribution < -0.4 is 10.6 Å². The molecule has 0 saturated carbocycles. The minimum absolute atomic E-state index is 0.0346. The number of nitrogens with one attached hydrogen (secondary N) is 2. The number of rotatable bonds is 7. The highest BCUT2D eigenvalue weighted by molar-refractivity contribution is 6.30. The van der Waals surface area contributed by atoms with Crippen molar-refractivity contribution in [2.24, 2.45) is 5.92 Å². The fourth-order valence-corrected chi connectivity index (χ4v) is 3.53. The summed E-state index contributed by atoms with van der Waals surface area (Å²) in [5.74, 6) is -0.393. The zero-order valence-corrected chi connectivity index (χ0v) is 18.0. The third-order valence-corrected chi connectivity index (χ3v) is 5.46. The second kappa shape index (κ2) is 11.3. The Morgan fingerprint density at radius 1 is 0.935 bits per heavy atom. The van der Waals surface area contributed by atoms with Crippen molar-refractivity contribution in [2.75, 3.05) is 26.2 Å². The Balaban J connectivity index is 1.34. The lowest BCUT2D eigenvalue weighted by Crippen LogP contribution is -2.44. The highest BCUT2D eigenvalue weighted by atomic mass is 35.5. The summed E-state index contributed by atoms with van der Waals surface area (Å²) in [5.41, 5.74) is 1.50. The molecule has 0 atom stereocenters. The van der Waals surface area contributed by atoms with Crippen molar-refractivity contribution >= 4 is 35.4 Å². The number of carbonyl (C=O) groups excluding carboxylic acids is 3. The van der Waals surface area contributed by atoms with Gasteiger partial charge in [0.2, 0.25) is 11.8 Å². The maximum atomic E-state index is 12.4. The summed E-state index contributed by atoms with van der Waals surface area (Å²) < 4.78 is 0. The largest absolute Gasteiger partial charge is 0.354 e. The molecular formula is C24H26ClN3O3. The van der Waals surface area contributed by atoms with E-state index in [1.54, 1.807) is 41.3 Å². The van der Waals surface area contributed by atoms with Gasteiger partial charge in [0.1, 0.15) is 0 Å². The van der Waals surface area contributed by atoms with Crippen molar-refractivity contribution < 1.29 is 14.4 Å². The average molecular weight is 440 g/mol. The van der Waals surface area contributed by atoms with Crippen LogP contribution in [-0.2, 0) is 9.59 Å². The number of likely N-dealkylation sites (tertiary alicyclic amines) is 1. The molecule has 0 aromatic heterocycles. The van der Waals surface area contributed by atoms with Gasteiger partial charge in [-0.3, -0.25) is 14.4 Å². The Bertz CT molecular complexity index is 921. The van der Waals surface area contributed by atoms with Gasteiger partial charge in [0.25, 0.3) is 5.91 Å². The predicted molar refractivity (Wildman–Crippen MR) is 122 cm³/mol. The number of halogens is 1. The maximum absolute atomic E-state index is 12.4. The van der Waals surface area contributed by atoms with E-state index < -0.39 is 0 Å². The molecule has 2 N–H and O–H groups in total. The summed E-state index contributed by atoms with van der Waals surface area (Å²) in [4.78, 5) is 38.5. The van der Waals surface area contributed by atoms with Crippen molar-refractivity contribution in [3.05, 3.63) is 76.8 Å². The highest BCUT2D eigenvalue weighted by Crippen LogP contribution is 2.18. The number of carbonyl (C=O) groups is 3. The van der Waals surface area contributed by atoms with Gasteiger partial charge < -0.3 is 15.5 Å². The van der Waals surface area contributed by atoms with Crippen LogP contribution in [0.2, 0.25) is 5.02 Å². The molecule has 0 bridgehead atoms. The van der Waals surface area contributed by atoms with Gasteiger partial charge in [0.15, 0.2) is 0 Å². The molecule has 0 spiro atoms. The van der Waals surface area contributed by atoms with Crippen LogP contribution in [0.5, 0.6) is 0 Å².